The van der Waals surface area contributed by atoms with Crippen molar-refractivity contribution in [3.8, 4) is 0 Å². The van der Waals surface area contributed by atoms with Gasteiger partial charge in [0.2, 0.25) is 0 Å². The van der Waals surface area contributed by atoms with Crippen molar-refractivity contribution in [2.75, 3.05) is 5.32 Å². The predicted octanol–water partition coefficient (Wildman–Crippen LogP) is 2.54. The molecule has 0 fully saturated rings. The second-order valence-electron chi connectivity index (χ2n) is 4.55. The molecule has 0 aliphatic carbocycles. The summed E-state index contributed by atoms with van der Waals surface area (Å²) in [6, 6.07) is 12.0. The summed E-state index contributed by atoms with van der Waals surface area (Å²) in [5, 5.41) is 7.33. The lowest BCUT2D eigenvalue weighted by Crippen LogP contribution is -2.00. The highest BCUT2D eigenvalue weighted by molar-refractivity contribution is 5.53. The highest BCUT2D eigenvalue weighted by Gasteiger charge is 2.02. The summed E-state index contributed by atoms with van der Waals surface area (Å²) in [5.41, 5.74) is 2.11. The molecule has 5 heteroatoms. The monoisotopic (exact) mass is 265 g/mol. The Morgan fingerprint density at radius 1 is 1.15 bits per heavy atom. The molecule has 3 aromatic rings. The van der Waals surface area contributed by atoms with Gasteiger partial charge in [-0.3, -0.25) is 4.68 Å². The lowest BCUT2D eigenvalue weighted by molar-refractivity contribution is 0.768. The van der Waals surface area contributed by atoms with Crippen LogP contribution in [0.15, 0.2) is 55.0 Å². The number of hydrogen-bond acceptors (Lipinski definition) is 4. The zero-order valence-electron chi connectivity index (χ0n) is 11.2. The third-order valence-corrected chi connectivity index (χ3v) is 2.89. The van der Waals surface area contributed by atoms with Gasteiger partial charge in [0.1, 0.15) is 11.6 Å². The molecule has 0 radical (unpaired) electrons. The molecule has 3 rings (SSSR count). The topological polar surface area (TPSA) is 55.6 Å². The van der Waals surface area contributed by atoms with Crippen molar-refractivity contribution in [1.82, 2.24) is 19.7 Å². The fourth-order valence-electron chi connectivity index (χ4n) is 1.97. The van der Waals surface area contributed by atoms with Crippen LogP contribution < -0.4 is 5.32 Å². The maximum absolute atomic E-state index is 4.51. The summed E-state index contributed by atoms with van der Waals surface area (Å²) in [6.07, 6.45) is 6.16. The largest absolute Gasteiger partial charge is 0.338 e. The predicted molar refractivity (Wildman–Crippen MR) is 77.8 cm³/mol. The van der Waals surface area contributed by atoms with Crippen molar-refractivity contribution < 1.29 is 0 Å². The standard InChI is InChI=1S/C15H15N5/c1-20-11-13(10-17-20)18-14-7-8-16-15(19-14)9-12-5-3-2-4-6-12/h2-8,10-11H,9H2,1H3,(H,16,18,19). The van der Waals surface area contributed by atoms with Crippen molar-refractivity contribution in [3.63, 3.8) is 0 Å². The molecular weight excluding hydrogens is 250 g/mol. The Bertz CT molecular complexity index is 690. The minimum absolute atomic E-state index is 0.726. The van der Waals surface area contributed by atoms with Crippen molar-refractivity contribution in [2.24, 2.45) is 7.05 Å². The first kappa shape index (κ1) is 12.3. The van der Waals surface area contributed by atoms with E-state index >= 15 is 0 Å². The van der Waals surface area contributed by atoms with Crippen LogP contribution in [0.4, 0.5) is 11.5 Å². The second kappa shape index (κ2) is 5.52. The maximum Gasteiger partial charge on any atom is 0.135 e. The molecule has 0 bridgehead atoms. The fraction of sp³-hybridized carbons (Fsp3) is 0.133. The zero-order chi connectivity index (χ0) is 13.8. The van der Waals surface area contributed by atoms with Crippen molar-refractivity contribution in [2.45, 2.75) is 6.42 Å². The normalized spacial score (nSPS) is 10.4. The van der Waals surface area contributed by atoms with Gasteiger partial charge in [0.25, 0.3) is 0 Å². The van der Waals surface area contributed by atoms with Crippen LogP contribution in [-0.2, 0) is 13.5 Å². The SMILES string of the molecule is Cn1cc(Nc2ccnc(Cc3ccccc3)n2)cn1. The number of hydrogen-bond donors (Lipinski definition) is 1. The molecule has 2 heterocycles. The first-order valence-electron chi connectivity index (χ1n) is 6.41. The van der Waals surface area contributed by atoms with Crippen LogP contribution in [0.5, 0.6) is 0 Å². The highest BCUT2D eigenvalue weighted by Crippen LogP contribution is 2.13. The van der Waals surface area contributed by atoms with Crippen LogP contribution in [0, 0.1) is 0 Å². The summed E-state index contributed by atoms with van der Waals surface area (Å²) in [4.78, 5) is 8.82. The summed E-state index contributed by atoms with van der Waals surface area (Å²) >= 11 is 0. The Morgan fingerprint density at radius 3 is 2.75 bits per heavy atom. The number of rotatable bonds is 4. The van der Waals surface area contributed by atoms with Crippen LogP contribution in [0.2, 0.25) is 0 Å². The molecule has 0 atom stereocenters. The molecule has 1 aromatic carbocycles. The Kier molecular flexibility index (Phi) is 3.41. The third kappa shape index (κ3) is 3.00. The van der Waals surface area contributed by atoms with Crippen LogP contribution in [-0.4, -0.2) is 19.7 Å². The number of anilines is 2. The molecule has 0 aliphatic rings. The molecule has 0 aliphatic heterocycles. The fourth-order valence-corrected chi connectivity index (χ4v) is 1.97. The summed E-state index contributed by atoms with van der Waals surface area (Å²) in [6.45, 7) is 0. The van der Waals surface area contributed by atoms with E-state index in [1.54, 1.807) is 17.1 Å². The molecule has 5 nitrogen and oxygen atoms in total. The van der Waals surface area contributed by atoms with Gasteiger partial charge in [0.15, 0.2) is 0 Å². The van der Waals surface area contributed by atoms with Gasteiger partial charge >= 0.3 is 0 Å². The lowest BCUT2D eigenvalue weighted by Gasteiger charge is -2.05. The first-order chi connectivity index (χ1) is 9.79. The number of nitrogens with zero attached hydrogens (tertiary/aromatic N) is 4. The van der Waals surface area contributed by atoms with E-state index in [9.17, 15) is 0 Å². The van der Waals surface area contributed by atoms with Gasteiger partial charge in [-0.1, -0.05) is 30.3 Å². The molecule has 100 valence electrons. The second-order valence-corrected chi connectivity index (χ2v) is 4.55. The number of aromatic nitrogens is 4. The van der Waals surface area contributed by atoms with Crippen LogP contribution >= 0.6 is 0 Å². The van der Waals surface area contributed by atoms with Crippen LogP contribution in [0.3, 0.4) is 0 Å². The van der Waals surface area contributed by atoms with Gasteiger partial charge in [0.05, 0.1) is 11.9 Å². The number of benzene rings is 1. The Morgan fingerprint density at radius 2 is 2.00 bits per heavy atom. The molecular formula is C15H15N5. The van der Waals surface area contributed by atoms with E-state index in [1.165, 1.54) is 5.56 Å². The van der Waals surface area contributed by atoms with E-state index < -0.39 is 0 Å². The maximum atomic E-state index is 4.51. The van der Waals surface area contributed by atoms with Gasteiger partial charge < -0.3 is 5.32 Å². The summed E-state index contributed by atoms with van der Waals surface area (Å²) in [7, 11) is 1.88. The highest BCUT2D eigenvalue weighted by atomic mass is 15.3. The molecule has 0 spiro atoms. The third-order valence-electron chi connectivity index (χ3n) is 2.89. The number of aryl methyl sites for hydroxylation is 1. The van der Waals surface area contributed by atoms with Crippen LogP contribution in [0.25, 0.3) is 0 Å². The summed E-state index contributed by atoms with van der Waals surface area (Å²) < 4.78 is 1.74. The lowest BCUT2D eigenvalue weighted by atomic mass is 10.1. The van der Waals surface area contributed by atoms with Gasteiger partial charge in [-0.2, -0.15) is 5.10 Å². The quantitative estimate of drug-likeness (QED) is 0.787. The molecule has 0 amide bonds. The van der Waals surface area contributed by atoms with Gasteiger partial charge in [-0.15, -0.1) is 0 Å². The Balaban J connectivity index is 1.76. The molecule has 2 aromatic heterocycles. The summed E-state index contributed by atoms with van der Waals surface area (Å²) in [5.74, 6) is 1.57. The molecule has 0 unspecified atom stereocenters. The van der Waals surface area contributed by atoms with E-state index in [4.69, 9.17) is 0 Å². The molecule has 20 heavy (non-hydrogen) atoms. The van der Waals surface area contributed by atoms with E-state index in [2.05, 4.69) is 32.5 Å². The van der Waals surface area contributed by atoms with Crippen molar-refractivity contribution >= 4 is 11.5 Å². The van der Waals surface area contributed by atoms with E-state index in [-0.39, 0.29) is 0 Å². The minimum atomic E-state index is 0.726. The van der Waals surface area contributed by atoms with Gasteiger partial charge in [-0.25, -0.2) is 9.97 Å². The number of nitrogens with one attached hydrogen (secondary N) is 1. The van der Waals surface area contributed by atoms with Gasteiger partial charge in [0, 0.05) is 25.9 Å². The molecule has 0 saturated heterocycles. The minimum Gasteiger partial charge on any atom is -0.338 e. The van der Waals surface area contributed by atoms with E-state index in [0.717, 1.165) is 23.8 Å². The smallest absolute Gasteiger partial charge is 0.135 e. The van der Waals surface area contributed by atoms with Crippen molar-refractivity contribution in [3.05, 3.63) is 66.4 Å². The van der Waals surface area contributed by atoms with Crippen LogP contribution in [0.1, 0.15) is 11.4 Å². The average molecular weight is 265 g/mol. The molecule has 1 N–H and O–H groups in total. The van der Waals surface area contributed by atoms with Crippen molar-refractivity contribution in [1.29, 1.82) is 0 Å². The first-order valence-corrected chi connectivity index (χ1v) is 6.41. The van der Waals surface area contributed by atoms with E-state index in [0.29, 0.717) is 0 Å². The Labute approximate surface area is 117 Å². The Hall–Kier alpha value is -2.69. The zero-order valence-corrected chi connectivity index (χ0v) is 11.2. The average Bonchev–Trinajstić information content (AvgIpc) is 2.86. The van der Waals surface area contributed by atoms with Gasteiger partial charge in [-0.05, 0) is 11.6 Å². The molecule has 0 saturated carbocycles. The van der Waals surface area contributed by atoms with E-state index in [1.807, 2.05) is 37.5 Å².